The lowest BCUT2D eigenvalue weighted by atomic mass is 10.1. The van der Waals surface area contributed by atoms with E-state index >= 15 is 0 Å². The molecule has 1 unspecified atom stereocenters. The predicted molar refractivity (Wildman–Crippen MR) is 75.4 cm³/mol. The maximum atomic E-state index is 9.68. The summed E-state index contributed by atoms with van der Waals surface area (Å²) in [6, 6.07) is 9.92. The van der Waals surface area contributed by atoms with E-state index in [9.17, 15) is 10.2 Å². The molecule has 3 nitrogen and oxygen atoms in total. The van der Waals surface area contributed by atoms with Gasteiger partial charge in [-0.15, -0.1) is 0 Å². The zero-order valence-electron chi connectivity index (χ0n) is 11.6. The quantitative estimate of drug-likeness (QED) is 0.610. The van der Waals surface area contributed by atoms with Crippen LogP contribution in [-0.2, 0) is 11.3 Å². The van der Waals surface area contributed by atoms with Crippen molar-refractivity contribution in [3.63, 3.8) is 0 Å². The van der Waals surface area contributed by atoms with Gasteiger partial charge in [-0.1, -0.05) is 42.2 Å². The van der Waals surface area contributed by atoms with Crippen LogP contribution < -0.4 is 0 Å². The largest absolute Gasteiger partial charge is 0.392 e. The normalized spacial score (nSPS) is 12.6. The first kappa shape index (κ1) is 15.7. The fraction of sp³-hybridized carbons (Fsp3) is 0.500. The number of benzene rings is 1. The summed E-state index contributed by atoms with van der Waals surface area (Å²) in [5.74, 6) is 5.45. The second-order valence-electron chi connectivity index (χ2n) is 5.05. The Hall–Kier alpha value is -1.34. The highest BCUT2D eigenvalue weighted by atomic mass is 16.5. The molecule has 0 aliphatic carbocycles. The van der Waals surface area contributed by atoms with E-state index in [1.165, 1.54) is 0 Å². The average Bonchev–Trinajstić information content (AvgIpc) is 2.34. The van der Waals surface area contributed by atoms with Gasteiger partial charge in [0, 0.05) is 13.0 Å². The third kappa shape index (κ3) is 8.39. The first-order chi connectivity index (χ1) is 8.97. The third-order valence-corrected chi connectivity index (χ3v) is 2.44. The Morgan fingerprint density at radius 3 is 2.58 bits per heavy atom. The lowest BCUT2D eigenvalue weighted by Gasteiger charge is -2.09. The van der Waals surface area contributed by atoms with Crippen molar-refractivity contribution >= 4 is 0 Å². The van der Waals surface area contributed by atoms with Crippen molar-refractivity contribution in [2.45, 2.75) is 45.0 Å². The van der Waals surface area contributed by atoms with Crippen LogP contribution in [0.15, 0.2) is 30.3 Å². The Labute approximate surface area is 115 Å². The third-order valence-electron chi connectivity index (χ3n) is 2.44. The molecule has 0 heterocycles. The Balaban J connectivity index is 2.13. The molecule has 0 aromatic heterocycles. The number of aliphatic hydroxyl groups is 2. The average molecular weight is 262 g/mol. The van der Waals surface area contributed by atoms with Crippen LogP contribution in [0.25, 0.3) is 0 Å². The van der Waals surface area contributed by atoms with Crippen molar-refractivity contribution < 1.29 is 14.9 Å². The Kier molecular flexibility index (Phi) is 6.58. The lowest BCUT2D eigenvalue weighted by molar-refractivity contribution is 0.0753. The van der Waals surface area contributed by atoms with Gasteiger partial charge >= 0.3 is 0 Å². The van der Waals surface area contributed by atoms with Crippen LogP contribution in [0.5, 0.6) is 0 Å². The Morgan fingerprint density at radius 1 is 1.26 bits per heavy atom. The Bertz CT molecular complexity index is 409. The van der Waals surface area contributed by atoms with Crippen LogP contribution in [0.4, 0.5) is 0 Å². The monoisotopic (exact) mass is 262 g/mol. The van der Waals surface area contributed by atoms with Gasteiger partial charge in [0.25, 0.3) is 0 Å². The Morgan fingerprint density at radius 2 is 1.95 bits per heavy atom. The van der Waals surface area contributed by atoms with Gasteiger partial charge in [-0.2, -0.15) is 0 Å². The molecular weight excluding hydrogens is 240 g/mol. The fourth-order valence-electron chi connectivity index (χ4n) is 1.47. The number of rotatable bonds is 6. The van der Waals surface area contributed by atoms with Crippen molar-refractivity contribution in [2.75, 3.05) is 6.61 Å². The first-order valence-electron chi connectivity index (χ1n) is 6.49. The van der Waals surface area contributed by atoms with E-state index in [1.807, 2.05) is 30.3 Å². The minimum absolute atomic E-state index is 0.360. The molecule has 104 valence electrons. The van der Waals surface area contributed by atoms with Gasteiger partial charge < -0.3 is 14.9 Å². The number of ether oxygens (including phenoxy) is 1. The van der Waals surface area contributed by atoms with Gasteiger partial charge in [0.05, 0.1) is 12.7 Å². The molecule has 0 saturated carbocycles. The van der Waals surface area contributed by atoms with Gasteiger partial charge in [-0.05, 0) is 25.8 Å². The van der Waals surface area contributed by atoms with Crippen molar-refractivity contribution in [2.24, 2.45) is 0 Å². The molecule has 1 aromatic carbocycles. The lowest BCUT2D eigenvalue weighted by Crippen LogP contribution is -2.15. The van der Waals surface area contributed by atoms with Crippen molar-refractivity contribution in [3.8, 4) is 11.8 Å². The van der Waals surface area contributed by atoms with Crippen molar-refractivity contribution in [1.29, 1.82) is 0 Å². The molecule has 0 spiro atoms. The van der Waals surface area contributed by atoms with Gasteiger partial charge in [0.2, 0.25) is 0 Å². The topological polar surface area (TPSA) is 49.7 Å². The van der Waals surface area contributed by atoms with Crippen LogP contribution in [0.3, 0.4) is 0 Å². The molecule has 1 rings (SSSR count). The molecule has 3 heteroatoms. The summed E-state index contributed by atoms with van der Waals surface area (Å²) >= 11 is 0. The standard InChI is InChI=1S/C16H22O3/c1-16(2,18)11-6-9-15(17)10-12-19-13-14-7-4-3-5-8-14/h3-5,7-8,15,17-18H,9-10,12-13H2,1-2H3. The summed E-state index contributed by atoms with van der Waals surface area (Å²) < 4.78 is 5.48. The number of hydrogen-bond donors (Lipinski definition) is 2. The molecule has 0 bridgehead atoms. The molecule has 2 N–H and O–H groups in total. The smallest absolute Gasteiger partial charge is 0.119 e. The van der Waals surface area contributed by atoms with E-state index in [0.717, 1.165) is 5.56 Å². The summed E-state index contributed by atoms with van der Waals surface area (Å²) in [5, 5.41) is 19.1. The molecule has 0 fully saturated rings. The second kappa shape index (κ2) is 7.96. The highest BCUT2D eigenvalue weighted by Crippen LogP contribution is 2.03. The SMILES string of the molecule is CC(C)(O)C#CCC(O)CCOCc1ccccc1. The van der Waals surface area contributed by atoms with E-state index in [-0.39, 0.29) is 0 Å². The van der Waals surface area contributed by atoms with E-state index in [1.54, 1.807) is 13.8 Å². The summed E-state index contributed by atoms with van der Waals surface area (Å²) in [6.45, 7) is 4.30. The number of hydrogen-bond acceptors (Lipinski definition) is 3. The molecule has 19 heavy (non-hydrogen) atoms. The van der Waals surface area contributed by atoms with E-state index in [4.69, 9.17) is 4.74 Å². The number of aliphatic hydroxyl groups excluding tert-OH is 1. The molecule has 0 saturated heterocycles. The fourth-order valence-corrected chi connectivity index (χ4v) is 1.47. The van der Waals surface area contributed by atoms with Crippen LogP contribution in [0.2, 0.25) is 0 Å². The molecule has 0 radical (unpaired) electrons. The zero-order valence-corrected chi connectivity index (χ0v) is 11.6. The van der Waals surface area contributed by atoms with E-state index < -0.39 is 11.7 Å². The zero-order chi connectivity index (χ0) is 14.1. The summed E-state index contributed by atoms with van der Waals surface area (Å²) in [7, 11) is 0. The van der Waals surface area contributed by atoms with Crippen LogP contribution in [0, 0.1) is 11.8 Å². The highest BCUT2D eigenvalue weighted by molar-refractivity contribution is 5.13. The summed E-state index contributed by atoms with van der Waals surface area (Å²) in [4.78, 5) is 0. The molecule has 0 aliphatic heterocycles. The molecular formula is C16H22O3. The van der Waals surface area contributed by atoms with Gasteiger partial charge in [-0.25, -0.2) is 0 Å². The van der Waals surface area contributed by atoms with Crippen molar-refractivity contribution in [3.05, 3.63) is 35.9 Å². The molecule has 0 aliphatic rings. The molecule has 0 amide bonds. The maximum absolute atomic E-state index is 9.68. The second-order valence-corrected chi connectivity index (χ2v) is 5.05. The minimum Gasteiger partial charge on any atom is -0.392 e. The van der Waals surface area contributed by atoms with Crippen LogP contribution >= 0.6 is 0 Å². The van der Waals surface area contributed by atoms with E-state index in [2.05, 4.69) is 11.8 Å². The molecule has 1 atom stereocenters. The van der Waals surface area contributed by atoms with Gasteiger partial charge in [0.1, 0.15) is 5.60 Å². The first-order valence-corrected chi connectivity index (χ1v) is 6.49. The van der Waals surface area contributed by atoms with Crippen LogP contribution in [0.1, 0.15) is 32.3 Å². The predicted octanol–water partition coefficient (Wildman–Crippen LogP) is 2.12. The van der Waals surface area contributed by atoms with Gasteiger partial charge in [0.15, 0.2) is 0 Å². The minimum atomic E-state index is -0.996. The van der Waals surface area contributed by atoms with E-state index in [0.29, 0.717) is 26.1 Å². The van der Waals surface area contributed by atoms with Crippen molar-refractivity contribution in [1.82, 2.24) is 0 Å². The summed E-state index contributed by atoms with van der Waals surface area (Å²) in [5.41, 5.74) is 0.127. The summed E-state index contributed by atoms with van der Waals surface area (Å²) in [6.07, 6.45) is 0.400. The molecule has 1 aromatic rings. The maximum Gasteiger partial charge on any atom is 0.119 e. The highest BCUT2D eigenvalue weighted by Gasteiger charge is 2.07. The van der Waals surface area contributed by atoms with Gasteiger partial charge in [-0.3, -0.25) is 0 Å². The van der Waals surface area contributed by atoms with Crippen LogP contribution in [-0.4, -0.2) is 28.5 Å².